The Bertz CT molecular complexity index is 275. The first-order valence-electron chi connectivity index (χ1n) is 5.06. The standard InChI is InChI=1S/C11H18O2SSi/c1-12-15(13-2,10-6-9-14)11-7-4-3-5-8-11/h3-5,7-8,14H,6,9-10H2,1-2H3. The summed E-state index contributed by atoms with van der Waals surface area (Å²) < 4.78 is 11.3. The molecule has 4 heteroatoms. The van der Waals surface area contributed by atoms with E-state index in [1.54, 1.807) is 14.2 Å². The highest BCUT2D eigenvalue weighted by atomic mass is 32.1. The fourth-order valence-corrected chi connectivity index (χ4v) is 4.80. The molecular formula is C11H18O2SSi. The summed E-state index contributed by atoms with van der Waals surface area (Å²) >= 11 is 4.23. The lowest BCUT2D eigenvalue weighted by Gasteiger charge is -2.27. The second-order valence-corrected chi connectivity index (χ2v) is 7.20. The number of hydrogen-bond donors (Lipinski definition) is 1. The fourth-order valence-electron chi connectivity index (χ4n) is 1.67. The zero-order valence-corrected chi connectivity index (χ0v) is 11.2. The highest BCUT2D eigenvalue weighted by Crippen LogP contribution is 2.15. The Morgan fingerprint density at radius 1 is 1.13 bits per heavy atom. The van der Waals surface area contributed by atoms with Gasteiger partial charge in [-0.2, -0.15) is 12.6 Å². The Hall–Kier alpha value is -0.293. The van der Waals surface area contributed by atoms with Crippen LogP contribution in [0.1, 0.15) is 6.42 Å². The van der Waals surface area contributed by atoms with E-state index >= 15 is 0 Å². The molecule has 0 aromatic heterocycles. The van der Waals surface area contributed by atoms with E-state index in [-0.39, 0.29) is 0 Å². The van der Waals surface area contributed by atoms with Gasteiger partial charge in [-0.1, -0.05) is 30.3 Å². The van der Waals surface area contributed by atoms with Crippen molar-refractivity contribution in [2.24, 2.45) is 0 Å². The Kier molecular flexibility index (Phi) is 5.39. The summed E-state index contributed by atoms with van der Waals surface area (Å²) in [6.07, 6.45) is 1.02. The average Bonchev–Trinajstić information content (AvgIpc) is 2.33. The molecule has 0 radical (unpaired) electrons. The van der Waals surface area contributed by atoms with Crippen molar-refractivity contribution in [1.82, 2.24) is 0 Å². The van der Waals surface area contributed by atoms with Crippen molar-refractivity contribution in [3.05, 3.63) is 30.3 Å². The minimum atomic E-state index is -2.19. The van der Waals surface area contributed by atoms with Crippen LogP contribution in [-0.4, -0.2) is 28.5 Å². The molecule has 0 aliphatic rings. The second kappa shape index (κ2) is 6.32. The molecule has 1 rings (SSSR count). The van der Waals surface area contributed by atoms with Crippen LogP contribution in [0.2, 0.25) is 6.04 Å². The predicted octanol–water partition coefficient (Wildman–Crippen LogP) is 1.95. The number of thiol groups is 1. The maximum atomic E-state index is 5.66. The van der Waals surface area contributed by atoms with Gasteiger partial charge < -0.3 is 8.85 Å². The molecule has 0 aliphatic heterocycles. The van der Waals surface area contributed by atoms with Crippen LogP contribution in [0.3, 0.4) is 0 Å². The molecule has 0 N–H and O–H groups in total. The van der Waals surface area contributed by atoms with Crippen LogP contribution in [0.4, 0.5) is 0 Å². The van der Waals surface area contributed by atoms with E-state index in [9.17, 15) is 0 Å². The van der Waals surface area contributed by atoms with Crippen molar-refractivity contribution in [1.29, 1.82) is 0 Å². The van der Waals surface area contributed by atoms with Gasteiger partial charge in [0.25, 0.3) is 0 Å². The quantitative estimate of drug-likeness (QED) is 0.607. The molecule has 0 atom stereocenters. The highest BCUT2D eigenvalue weighted by Gasteiger charge is 2.36. The van der Waals surface area contributed by atoms with E-state index in [4.69, 9.17) is 8.85 Å². The molecule has 0 amide bonds. The van der Waals surface area contributed by atoms with Crippen LogP contribution in [0, 0.1) is 0 Å². The molecule has 0 fully saturated rings. The topological polar surface area (TPSA) is 18.5 Å². The summed E-state index contributed by atoms with van der Waals surface area (Å²) in [6, 6.07) is 11.2. The van der Waals surface area contributed by atoms with Crippen LogP contribution in [0.15, 0.2) is 30.3 Å². The Balaban J connectivity index is 2.89. The van der Waals surface area contributed by atoms with Gasteiger partial charge in [0.1, 0.15) is 0 Å². The largest absolute Gasteiger partial charge is 0.394 e. The average molecular weight is 242 g/mol. The van der Waals surface area contributed by atoms with E-state index in [1.807, 2.05) is 18.2 Å². The Morgan fingerprint density at radius 3 is 2.20 bits per heavy atom. The summed E-state index contributed by atoms with van der Waals surface area (Å²) in [6.45, 7) is 0. The van der Waals surface area contributed by atoms with Crippen molar-refractivity contribution >= 4 is 26.4 Å². The van der Waals surface area contributed by atoms with Crippen LogP contribution in [0.5, 0.6) is 0 Å². The third kappa shape index (κ3) is 3.08. The first-order valence-corrected chi connectivity index (χ1v) is 7.71. The van der Waals surface area contributed by atoms with E-state index in [0.29, 0.717) is 0 Å². The zero-order valence-electron chi connectivity index (χ0n) is 9.27. The van der Waals surface area contributed by atoms with E-state index in [2.05, 4.69) is 24.8 Å². The first kappa shape index (κ1) is 12.8. The minimum absolute atomic E-state index is 0.869. The highest BCUT2D eigenvalue weighted by molar-refractivity contribution is 7.80. The number of rotatable bonds is 6. The SMILES string of the molecule is CO[Si](CCCS)(OC)c1ccccc1. The summed E-state index contributed by atoms with van der Waals surface area (Å²) in [5, 5.41) is 1.19. The van der Waals surface area contributed by atoms with E-state index < -0.39 is 8.56 Å². The van der Waals surface area contributed by atoms with Gasteiger partial charge in [-0.3, -0.25) is 0 Å². The zero-order chi connectivity index (χ0) is 11.1. The lowest BCUT2D eigenvalue weighted by molar-refractivity contribution is 0.257. The first-order chi connectivity index (χ1) is 7.29. The molecule has 2 nitrogen and oxygen atoms in total. The third-order valence-corrected chi connectivity index (χ3v) is 6.40. The molecule has 1 aromatic rings. The normalized spacial score (nSPS) is 11.7. The Labute approximate surface area is 98.3 Å². The molecule has 0 unspecified atom stereocenters. The van der Waals surface area contributed by atoms with E-state index in [0.717, 1.165) is 18.2 Å². The van der Waals surface area contributed by atoms with Crippen LogP contribution >= 0.6 is 12.6 Å². The molecule has 0 bridgehead atoms. The van der Waals surface area contributed by atoms with Gasteiger partial charge in [-0.15, -0.1) is 0 Å². The van der Waals surface area contributed by atoms with Gasteiger partial charge in [-0.05, 0) is 23.4 Å². The third-order valence-electron chi connectivity index (χ3n) is 2.54. The van der Waals surface area contributed by atoms with Crippen molar-refractivity contribution in [3.63, 3.8) is 0 Å². The molecule has 0 spiro atoms. The molecule has 1 aromatic carbocycles. The summed E-state index contributed by atoms with van der Waals surface area (Å²) in [5.41, 5.74) is 0. The molecule has 0 aliphatic carbocycles. The summed E-state index contributed by atoms with van der Waals surface area (Å²) in [4.78, 5) is 0. The Morgan fingerprint density at radius 2 is 1.73 bits per heavy atom. The molecular weight excluding hydrogens is 224 g/mol. The van der Waals surface area contributed by atoms with Crippen molar-refractivity contribution < 1.29 is 8.85 Å². The smallest absolute Gasteiger partial charge is 0.372 e. The number of benzene rings is 1. The molecule has 0 saturated heterocycles. The predicted molar refractivity (Wildman–Crippen MR) is 69.1 cm³/mol. The van der Waals surface area contributed by atoms with Gasteiger partial charge >= 0.3 is 8.56 Å². The minimum Gasteiger partial charge on any atom is -0.394 e. The van der Waals surface area contributed by atoms with Crippen molar-refractivity contribution in [3.8, 4) is 0 Å². The molecule has 0 saturated carbocycles. The lowest BCUT2D eigenvalue weighted by Crippen LogP contribution is -2.52. The summed E-state index contributed by atoms with van der Waals surface area (Å²) in [5.74, 6) is 0.869. The van der Waals surface area contributed by atoms with E-state index in [1.165, 1.54) is 5.19 Å². The molecule has 15 heavy (non-hydrogen) atoms. The van der Waals surface area contributed by atoms with Gasteiger partial charge in [0.2, 0.25) is 0 Å². The van der Waals surface area contributed by atoms with Crippen LogP contribution < -0.4 is 5.19 Å². The van der Waals surface area contributed by atoms with Gasteiger partial charge in [-0.25, -0.2) is 0 Å². The monoisotopic (exact) mass is 242 g/mol. The van der Waals surface area contributed by atoms with Crippen molar-refractivity contribution in [2.45, 2.75) is 12.5 Å². The second-order valence-electron chi connectivity index (χ2n) is 3.35. The van der Waals surface area contributed by atoms with Crippen LogP contribution in [-0.2, 0) is 8.85 Å². The maximum absolute atomic E-state index is 5.66. The lowest BCUT2D eigenvalue weighted by atomic mass is 10.4. The van der Waals surface area contributed by atoms with Gasteiger partial charge in [0, 0.05) is 14.2 Å². The van der Waals surface area contributed by atoms with Crippen molar-refractivity contribution in [2.75, 3.05) is 20.0 Å². The van der Waals surface area contributed by atoms with Gasteiger partial charge in [0.05, 0.1) is 0 Å². The number of hydrogen-bond acceptors (Lipinski definition) is 3. The van der Waals surface area contributed by atoms with Crippen LogP contribution in [0.25, 0.3) is 0 Å². The van der Waals surface area contributed by atoms with Gasteiger partial charge in [0.15, 0.2) is 0 Å². The summed E-state index contributed by atoms with van der Waals surface area (Å²) in [7, 11) is 1.29. The maximum Gasteiger partial charge on any atom is 0.372 e. The fraction of sp³-hybridized carbons (Fsp3) is 0.455. The molecule has 0 heterocycles. The molecule has 84 valence electrons.